The topological polar surface area (TPSA) is 147 Å². The number of pyridine rings is 2. The van der Waals surface area contributed by atoms with Gasteiger partial charge in [-0.15, -0.1) is 0 Å². The minimum atomic E-state index is -1.09. The Morgan fingerprint density at radius 3 is 1.29 bits per heavy atom. The van der Waals surface area contributed by atoms with E-state index < -0.39 is 37.1 Å². The molecule has 4 aromatic rings. The minimum Gasteiger partial charge on any atom is -0.508 e. The Bertz CT molecular complexity index is 1320. The molecular formula is C30H30MnN4O6+2. The fourth-order valence-electron chi connectivity index (χ4n) is 4.80. The number of hydrogen-bond acceptors (Lipinski definition) is 8. The Morgan fingerprint density at radius 1 is 0.610 bits per heavy atom. The SMILES string of the molecule is O=C(O)CN(CCN(CC(=O)O)[C@H](c1ccccn1)c1ccccc1O)C(c1ccccn1)c1ccccc1O.[Mn+2]. The van der Waals surface area contributed by atoms with Crippen LogP contribution in [-0.4, -0.2) is 78.3 Å². The van der Waals surface area contributed by atoms with Gasteiger partial charge < -0.3 is 20.4 Å². The maximum Gasteiger partial charge on any atom is 2.00 e. The van der Waals surface area contributed by atoms with Crippen LogP contribution in [0.2, 0.25) is 0 Å². The van der Waals surface area contributed by atoms with Crippen molar-refractivity contribution in [3.63, 3.8) is 0 Å². The van der Waals surface area contributed by atoms with Gasteiger partial charge in [0.1, 0.15) is 11.5 Å². The van der Waals surface area contributed by atoms with Crippen LogP contribution in [0.15, 0.2) is 97.3 Å². The quantitative estimate of drug-likeness (QED) is 0.169. The molecule has 0 aliphatic rings. The minimum absolute atomic E-state index is 0. The van der Waals surface area contributed by atoms with E-state index in [0.29, 0.717) is 22.5 Å². The molecule has 2 aromatic carbocycles. The molecule has 1 unspecified atom stereocenters. The molecule has 1 radical (unpaired) electrons. The molecule has 0 bridgehead atoms. The van der Waals surface area contributed by atoms with Gasteiger partial charge in [-0.25, -0.2) is 0 Å². The van der Waals surface area contributed by atoms with Gasteiger partial charge in [0.15, 0.2) is 0 Å². The van der Waals surface area contributed by atoms with Gasteiger partial charge >= 0.3 is 29.0 Å². The Hall–Kier alpha value is -4.28. The molecule has 2 heterocycles. The second-order valence-corrected chi connectivity index (χ2v) is 9.16. The first kappa shape index (κ1) is 31.2. The van der Waals surface area contributed by atoms with Crippen molar-refractivity contribution in [3.8, 4) is 11.5 Å². The normalized spacial score (nSPS) is 12.4. The van der Waals surface area contributed by atoms with Crippen LogP contribution < -0.4 is 0 Å². The average molecular weight is 598 g/mol. The number of benzene rings is 2. The van der Waals surface area contributed by atoms with E-state index in [1.54, 1.807) is 95.0 Å². The first-order valence-corrected chi connectivity index (χ1v) is 12.6. The predicted octanol–water partition coefficient (Wildman–Crippen LogP) is 3.54. The number of aromatic nitrogens is 2. The molecular weight excluding hydrogens is 567 g/mol. The van der Waals surface area contributed by atoms with Crippen molar-refractivity contribution < 1.29 is 47.1 Å². The Labute approximate surface area is 248 Å². The average Bonchev–Trinajstić information content (AvgIpc) is 2.94. The van der Waals surface area contributed by atoms with Gasteiger partial charge in [0.2, 0.25) is 0 Å². The summed E-state index contributed by atoms with van der Waals surface area (Å²) in [5.74, 6) is -2.22. The van der Waals surface area contributed by atoms with Crippen molar-refractivity contribution >= 4 is 11.9 Å². The summed E-state index contributed by atoms with van der Waals surface area (Å²) in [5.41, 5.74) is 1.98. The molecule has 4 rings (SSSR count). The van der Waals surface area contributed by atoms with E-state index in [1.165, 1.54) is 12.1 Å². The third kappa shape index (κ3) is 8.12. The molecule has 0 fully saturated rings. The first-order valence-electron chi connectivity index (χ1n) is 12.6. The van der Waals surface area contributed by atoms with E-state index in [1.807, 2.05) is 0 Å². The summed E-state index contributed by atoms with van der Waals surface area (Å²) in [5, 5.41) is 41.1. The number of aliphatic carboxylic acids is 2. The van der Waals surface area contributed by atoms with E-state index in [0.717, 1.165) is 0 Å². The summed E-state index contributed by atoms with van der Waals surface area (Å²) < 4.78 is 0. The summed E-state index contributed by atoms with van der Waals surface area (Å²) in [4.78, 5) is 36.2. The van der Waals surface area contributed by atoms with Gasteiger partial charge in [0.25, 0.3) is 0 Å². The van der Waals surface area contributed by atoms with Crippen molar-refractivity contribution in [1.29, 1.82) is 0 Å². The molecule has 211 valence electrons. The van der Waals surface area contributed by atoms with Gasteiger partial charge in [-0.2, -0.15) is 0 Å². The van der Waals surface area contributed by atoms with E-state index in [9.17, 15) is 30.0 Å². The number of para-hydroxylation sites is 2. The standard InChI is InChI=1S/C30H30N4O6.Mn/c35-25-13-3-1-9-21(25)29(23-11-5-7-15-31-23)33(19-27(37)38)17-18-34(20-28(39)40)30(24-12-6-8-16-32-24)22-10-2-4-14-26(22)36;/h1-16,29-30,35-36H,17-20H2,(H,37,38)(H,39,40);/q;+2/t29-,30?;/m0./s1. The number of carboxylic acid groups (broad SMARTS) is 2. The Kier molecular flexibility index (Phi) is 11.4. The van der Waals surface area contributed by atoms with Crippen molar-refractivity contribution in [2.24, 2.45) is 0 Å². The maximum atomic E-state index is 12.0. The van der Waals surface area contributed by atoms with Crippen LogP contribution in [0.5, 0.6) is 11.5 Å². The molecule has 0 aliphatic carbocycles. The third-order valence-corrected chi connectivity index (χ3v) is 6.48. The zero-order valence-electron chi connectivity index (χ0n) is 22.0. The summed E-state index contributed by atoms with van der Waals surface area (Å²) in [7, 11) is 0. The molecule has 10 nitrogen and oxygen atoms in total. The fourth-order valence-corrected chi connectivity index (χ4v) is 4.80. The van der Waals surface area contributed by atoms with Gasteiger partial charge in [-0.3, -0.25) is 29.4 Å². The first-order chi connectivity index (χ1) is 19.3. The number of aromatic hydroxyl groups is 2. The van der Waals surface area contributed by atoms with Crippen LogP contribution in [0.4, 0.5) is 0 Å². The summed E-state index contributed by atoms with van der Waals surface area (Å²) in [6.07, 6.45) is 3.18. The second kappa shape index (κ2) is 14.9. The molecule has 0 saturated heterocycles. The zero-order chi connectivity index (χ0) is 28.5. The van der Waals surface area contributed by atoms with E-state index in [2.05, 4.69) is 9.97 Å². The van der Waals surface area contributed by atoms with Crippen molar-refractivity contribution in [2.45, 2.75) is 12.1 Å². The van der Waals surface area contributed by atoms with Crippen LogP contribution in [0.1, 0.15) is 34.6 Å². The number of nitrogens with zero attached hydrogens (tertiary/aromatic N) is 4. The van der Waals surface area contributed by atoms with Crippen molar-refractivity contribution in [1.82, 2.24) is 19.8 Å². The van der Waals surface area contributed by atoms with Crippen molar-refractivity contribution in [3.05, 3.63) is 120 Å². The smallest absolute Gasteiger partial charge is 0.508 e. The van der Waals surface area contributed by atoms with Crippen LogP contribution in [0.25, 0.3) is 0 Å². The largest absolute Gasteiger partial charge is 2.00 e. The van der Waals surface area contributed by atoms with Gasteiger partial charge in [0.05, 0.1) is 36.6 Å². The maximum absolute atomic E-state index is 12.0. The second-order valence-electron chi connectivity index (χ2n) is 9.16. The van der Waals surface area contributed by atoms with Gasteiger partial charge in [-0.1, -0.05) is 48.5 Å². The van der Waals surface area contributed by atoms with Gasteiger partial charge in [-0.05, 0) is 36.4 Å². The van der Waals surface area contributed by atoms with E-state index >= 15 is 0 Å². The van der Waals surface area contributed by atoms with Gasteiger partial charge in [0, 0.05) is 36.6 Å². The Morgan fingerprint density at radius 2 is 0.976 bits per heavy atom. The number of hydrogen-bond donors (Lipinski definition) is 4. The number of carbonyl (C=O) groups is 2. The number of rotatable bonds is 13. The van der Waals surface area contributed by atoms with E-state index in [-0.39, 0.29) is 41.7 Å². The third-order valence-electron chi connectivity index (χ3n) is 6.48. The van der Waals surface area contributed by atoms with E-state index in [4.69, 9.17) is 0 Å². The summed E-state index contributed by atoms with van der Waals surface area (Å²) in [6, 6.07) is 22.4. The monoisotopic (exact) mass is 597 g/mol. The molecule has 0 aliphatic heterocycles. The summed E-state index contributed by atoms with van der Waals surface area (Å²) in [6.45, 7) is -0.624. The van der Waals surface area contributed by atoms with Crippen LogP contribution in [0, 0.1) is 0 Å². The number of phenols is 2. The Balaban J connectivity index is 0.00000462. The van der Waals surface area contributed by atoms with Crippen LogP contribution in [0.3, 0.4) is 0 Å². The molecule has 2 atom stereocenters. The van der Waals surface area contributed by atoms with Crippen LogP contribution >= 0.6 is 0 Å². The summed E-state index contributed by atoms with van der Waals surface area (Å²) >= 11 is 0. The number of phenolic OH excluding ortho intramolecular Hbond substituents is 2. The van der Waals surface area contributed by atoms with Crippen molar-refractivity contribution in [2.75, 3.05) is 26.2 Å². The number of carboxylic acids is 2. The molecule has 0 spiro atoms. The zero-order valence-corrected chi connectivity index (χ0v) is 23.2. The molecule has 41 heavy (non-hydrogen) atoms. The molecule has 2 aromatic heterocycles. The molecule has 11 heteroatoms. The molecule has 0 saturated carbocycles. The molecule has 0 amide bonds. The van der Waals surface area contributed by atoms with Crippen LogP contribution in [-0.2, 0) is 26.7 Å². The molecule has 4 N–H and O–H groups in total. The fraction of sp³-hybridized carbons (Fsp3) is 0.200. The predicted molar refractivity (Wildman–Crippen MR) is 147 cm³/mol.